The predicted octanol–water partition coefficient (Wildman–Crippen LogP) is 1.27. The molecule has 0 bridgehead atoms. The Bertz CT molecular complexity index is 497. The lowest BCUT2D eigenvalue weighted by atomic mass is 9.80. The average Bonchev–Trinajstić information content (AvgIpc) is 2.58. The van der Waals surface area contributed by atoms with Gasteiger partial charge >= 0.3 is 7.12 Å². The van der Waals surface area contributed by atoms with Gasteiger partial charge in [-0.15, -0.1) is 0 Å². The summed E-state index contributed by atoms with van der Waals surface area (Å²) in [6.07, 6.45) is 2.13. The molecule has 2 unspecified atom stereocenters. The van der Waals surface area contributed by atoms with Crippen LogP contribution >= 0.6 is 0 Å². The molecule has 1 amide bonds. The zero-order chi connectivity index (χ0) is 18.7. The molecule has 0 aliphatic heterocycles. The molecular weight excluding hydrogens is 310 g/mol. The minimum absolute atomic E-state index is 0.0194. The molecule has 24 heavy (non-hydrogen) atoms. The highest BCUT2D eigenvalue weighted by Crippen LogP contribution is 2.06. The molecule has 0 aliphatic carbocycles. The van der Waals surface area contributed by atoms with E-state index in [9.17, 15) is 9.18 Å². The fraction of sp³-hybridized carbons (Fsp3) is 0.588. The lowest BCUT2D eigenvalue weighted by Gasteiger charge is -2.11. The van der Waals surface area contributed by atoms with Crippen LogP contribution in [0.15, 0.2) is 18.2 Å². The van der Waals surface area contributed by atoms with Gasteiger partial charge in [-0.1, -0.05) is 46.6 Å². The molecule has 5 nitrogen and oxygen atoms in total. The summed E-state index contributed by atoms with van der Waals surface area (Å²) in [5, 5.41) is 20.4. The zero-order valence-electron chi connectivity index (χ0n) is 15.1. The monoisotopic (exact) mass is 340 g/mol. The van der Waals surface area contributed by atoms with Gasteiger partial charge in [-0.05, 0) is 36.0 Å². The number of carbonyl (C=O) groups is 1. The Morgan fingerprint density at radius 1 is 1.25 bits per heavy atom. The van der Waals surface area contributed by atoms with E-state index in [1.54, 1.807) is 0 Å². The van der Waals surface area contributed by atoms with Crippen molar-refractivity contribution < 1.29 is 19.2 Å². The van der Waals surface area contributed by atoms with Crippen LogP contribution in [0.25, 0.3) is 0 Å². The maximum Gasteiger partial charge on any atom is 0.488 e. The second-order valence-electron chi connectivity index (χ2n) is 6.09. The first-order valence-corrected chi connectivity index (χ1v) is 8.40. The Balaban J connectivity index is 0.000000754. The van der Waals surface area contributed by atoms with E-state index in [4.69, 9.17) is 15.8 Å². The molecule has 2 atom stereocenters. The predicted molar refractivity (Wildman–Crippen MR) is 96.5 cm³/mol. The second-order valence-corrected chi connectivity index (χ2v) is 6.09. The number of carbonyl (C=O) groups excluding carboxylic acids is 1. The van der Waals surface area contributed by atoms with Crippen LogP contribution < -0.4 is 16.5 Å². The van der Waals surface area contributed by atoms with Gasteiger partial charge in [-0.25, -0.2) is 4.39 Å². The van der Waals surface area contributed by atoms with Crippen LogP contribution in [0.5, 0.6) is 0 Å². The van der Waals surface area contributed by atoms with Gasteiger partial charge in [-0.3, -0.25) is 4.79 Å². The highest BCUT2D eigenvalue weighted by Gasteiger charge is 2.17. The Hall–Kier alpha value is -1.44. The van der Waals surface area contributed by atoms with Crippen LogP contribution in [-0.4, -0.2) is 36.2 Å². The van der Waals surface area contributed by atoms with Gasteiger partial charge < -0.3 is 21.1 Å². The van der Waals surface area contributed by atoms with E-state index in [-0.39, 0.29) is 11.0 Å². The highest BCUT2D eigenvalue weighted by molar-refractivity contribution is 6.58. The minimum atomic E-state index is -1.74. The summed E-state index contributed by atoms with van der Waals surface area (Å²) >= 11 is 0. The number of benzene rings is 1. The summed E-state index contributed by atoms with van der Waals surface area (Å²) in [7, 11) is -1.74. The molecular formula is C17H30BFN2O3. The lowest BCUT2D eigenvalue weighted by molar-refractivity contribution is 0.0944. The molecule has 0 radical (unpaired) electrons. The number of hydrogen-bond acceptors (Lipinski definition) is 4. The average molecular weight is 340 g/mol. The Kier molecular flexibility index (Phi) is 11.3. The van der Waals surface area contributed by atoms with E-state index < -0.39 is 18.8 Å². The van der Waals surface area contributed by atoms with Gasteiger partial charge in [0.2, 0.25) is 0 Å². The molecule has 1 rings (SSSR count). The largest absolute Gasteiger partial charge is 0.488 e. The number of halogens is 1. The summed E-state index contributed by atoms with van der Waals surface area (Å²) in [4.78, 5) is 11.7. The summed E-state index contributed by atoms with van der Waals surface area (Å²) in [5.74, 6) is -0.213. The van der Waals surface area contributed by atoms with Crippen molar-refractivity contribution in [2.45, 2.75) is 40.5 Å². The molecule has 0 saturated carbocycles. The van der Waals surface area contributed by atoms with Crippen LogP contribution in [0.3, 0.4) is 0 Å². The SMILES string of the molecule is CCC(C)CN.CCC(C)CNC(=O)c1ccc(B(O)O)cc1F. The normalized spacial score (nSPS) is 12.7. The Labute approximate surface area is 144 Å². The van der Waals surface area contributed by atoms with Gasteiger partial charge in [0, 0.05) is 6.54 Å². The van der Waals surface area contributed by atoms with Crippen molar-refractivity contribution in [3.05, 3.63) is 29.6 Å². The first-order chi connectivity index (χ1) is 11.3. The highest BCUT2D eigenvalue weighted by atomic mass is 19.1. The van der Waals surface area contributed by atoms with Crippen LogP contribution in [0.2, 0.25) is 0 Å². The molecule has 0 aliphatic rings. The van der Waals surface area contributed by atoms with E-state index in [1.165, 1.54) is 18.6 Å². The summed E-state index contributed by atoms with van der Waals surface area (Å²) in [6, 6.07) is 3.50. The first kappa shape index (κ1) is 22.6. The fourth-order valence-corrected chi connectivity index (χ4v) is 1.55. The van der Waals surface area contributed by atoms with Crippen LogP contribution in [-0.2, 0) is 0 Å². The van der Waals surface area contributed by atoms with E-state index in [0.29, 0.717) is 18.4 Å². The van der Waals surface area contributed by atoms with E-state index in [1.807, 2.05) is 13.8 Å². The topological polar surface area (TPSA) is 95.6 Å². The van der Waals surface area contributed by atoms with E-state index in [2.05, 4.69) is 19.2 Å². The Morgan fingerprint density at radius 3 is 2.21 bits per heavy atom. The molecule has 0 saturated heterocycles. The quantitative estimate of drug-likeness (QED) is 0.562. The van der Waals surface area contributed by atoms with Gasteiger partial charge in [0.05, 0.1) is 5.56 Å². The number of amides is 1. The minimum Gasteiger partial charge on any atom is -0.423 e. The van der Waals surface area contributed by atoms with Crippen molar-refractivity contribution in [1.82, 2.24) is 5.32 Å². The number of nitrogens with two attached hydrogens (primary N) is 1. The maximum atomic E-state index is 13.6. The standard InChI is InChI=1S/C12H17BFNO3.C5H13N/c1-3-8(2)7-15-12(16)10-5-4-9(13(17)18)6-11(10)14;1-3-5(2)4-6/h4-6,8,17-18H,3,7H2,1-2H3,(H,15,16);5H,3-4,6H2,1-2H3. The Morgan fingerprint density at radius 2 is 1.83 bits per heavy atom. The van der Waals surface area contributed by atoms with Crippen molar-refractivity contribution in [2.24, 2.45) is 17.6 Å². The molecule has 5 N–H and O–H groups in total. The van der Waals surface area contributed by atoms with Crippen molar-refractivity contribution >= 4 is 18.5 Å². The first-order valence-electron chi connectivity index (χ1n) is 8.40. The number of nitrogens with one attached hydrogen (secondary N) is 1. The summed E-state index contributed by atoms with van der Waals surface area (Å²) in [5.41, 5.74) is 5.21. The van der Waals surface area contributed by atoms with Crippen molar-refractivity contribution in [3.63, 3.8) is 0 Å². The maximum absolute atomic E-state index is 13.6. The molecule has 1 aromatic rings. The van der Waals surface area contributed by atoms with E-state index >= 15 is 0 Å². The van der Waals surface area contributed by atoms with Gasteiger partial charge in [0.1, 0.15) is 5.82 Å². The van der Waals surface area contributed by atoms with Gasteiger partial charge in [0.15, 0.2) is 0 Å². The third-order valence-corrected chi connectivity index (χ3v) is 3.94. The fourth-order valence-electron chi connectivity index (χ4n) is 1.55. The third kappa shape index (κ3) is 8.43. The molecule has 0 aromatic heterocycles. The van der Waals surface area contributed by atoms with Crippen LogP contribution in [0.4, 0.5) is 4.39 Å². The zero-order valence-corrected chi connectivity index (χ0v) is 15.1. The lowest BCUT2D eigenvalue weighted by Crippen LogP contribution is -2.32. The third-order valence-electron chi connectivity index (χ3n) is 3.94. The summed E-state index contributed by atoms with van der Waals surface area (Å²) < 4.78 is 13.6. The molecule has 136 valence electrons. The molecule has 0 heterocycles. The van der Waals surface area contributed by atoms with Crippen molar-refractivity contribution in [2.75, 3.05) is 13.1 Å². The molecule has 0 fully saturated rings. The van der Waals surface area contributed by atoms with Crippen molar-refractivity contribution in [1.29, 1.82) is 0 Å². The number of rotatable bonds is 7. The van der Waals surface area contributed by atoms with Gasteiger partial charge in [0.25, 0.3) is 5.91 Å². The second kappa shape index (κ2) is 12.0. The van der Waals surface area contributed by atoms with Crippen LogP contribution in [0, 0.1) is 17.7 Å². The van der Waals surface area contributed by atoms with E-state index in [0.717, 1.165) is 19.0 Å². The molecule has 0 spiro atoms. The van der Waals surface area contributed by atoms with Gasteiger partial charge in [-0.2, -0.15) is 0 Å². The summed E-state index contributed by atoms with van der Waals surface area (Å²) in [6.45, 7) is 9.61. The molecule has 7 heteroatoms. The van der Waals surface area contributed by atoms with Crippen molar-refractivity contribution in [3.8, 4) is 0 Å². The number of hydrogen-bond donors (Lipinski definition) is 4. The smallest absolute Gasteiger partial charge is 0.423 e. The van der Waals surface area contributed by atoms with Crippen LogP contribution in [0.1, 0.15) is 50.9 Å². The molecule has 1 aromatic carbocycles.